The van der Waals surface area contributed by atoms with Crippen molar-refractivity contribution in [1.29, 1.82) is 0 Å². The van der Waals surface area contributed by atoms with Gasteiger partial charge in [0.2, 0.25) is 0 Å². The molecular formula is C16H22N4O4S. The maximum absolute atomic E-state index is 12.7. The molecule has 1 aliphatic heterocycles. The predicted molar refractivity (Wildman–Crippen MR) is 95.0 cm³/mol. The Hall–Kier alpha value is -2.26. The van der Waals surface area contributed by atoms with Crippen LogP contribution in [0.15, 0.2) is 18.3 Å². The molecule has 0 aliphatic carbocycles. The number of methoxy groups -OCH3 is 2. The lowest BCUT2D eigenvalue weighted by Crippen LogP contribution is -2.49. The topological polar surface area (TPSA) is 84.0 Å². The first-order valence-corrected chi connectivity index (χ1v) is 8.39. The van der Waals surface area contributed by atoms with Gasteiger partial charge in [-0.15, -0.1) is 0 Å². The predicted octanol–water partition coefficient (Wildman–Crippen LogP) is 0.842. The van der Waals surface area contributed by atoms with Crippen LogP contribution in [0.5, 0.6) is 0 Å². The van der Waals surface area contributed by atoms with Gasteiger partial charge in [-0.05, 0) is 37.2 Å². The van der Waals surface area contributed by atoms with Crippen LogP contribution in [0.3, 0.4) is 0 Å². The number of nitrogens with one attached hydrogen (secondary N) is 1. The van der Waals surface area contributed by atoms with E-state index in [9.17, 15) is 9.59 Å². The second kappa shape index (κ2) is 9.28. The number of carbonyl (C=O) groups is 2. The number of aromatic nitrogens is 1. The van der Waals surface area contributed by atoms with E-state index in [-0.39, 0.29) is 11.6 Å². The van der Waals surface area contributed by atoms with Gasteiger partial charge in [-0.3, -0.25) is 14.8 Å². The molecule has 2 rings (SSSR count). The molecule has 1 fully saturated rings. The first kappa shape index (κ1) is 19.1. The van der Waals surface area contributed by atoms with Gasteiger partial charge >= 0.3 is 5.97 Å². The minimum absolute atomic E-state index is 0.252. The normalized spacial score (nSPS) is 13.7. The van der Waals surface area contributed by atoms with E-state index < -0.39 is 5.97 Å². The van der Waals surface area contributed by atoms with E-state index in [4.69, 9.17) is 17.0 Å². The molecule has 1 aromatic heterocycles. The highest BCUT2D eigenvalue weighted by Gasteiger charge is 2.30. The molecule has 0 atom stereocenters. The van der Waals surface area contributed by atoms with Crippen molar-refractivity contribution in [3.8, 4) is 0 Å². The fourth-order valence-corrected chi connectivity index (χ4v) is 2.72. The number of hydrogen-bond acceptors (Lipinski definition) is 6. The number of esters is 1. The number of ether oxygens (including phenoxy) is 2. The molecule has 25 heavy (non-hydrogen) atoms. The maximum Gasteiger partial charge on any atom is 0.339 e. The molecule has 0 saturated carbocycles. The van der Waals surface area contributed by atoms with Crippen molar-refractivity contribution in [2.45, 2.75) is 12.8 Å². The number of pyridine rings is 1. The van der Waals surface area contributed by atoms with Gasteiger partial charge in [0.25, 0.3) is 5.91 Å². The summed E-state index contributed by atoms with van der Waals surface area (Å²) in [6, 6.07) is 3.04. The Labute approximate surface area is 152 Å². The number of rotatable bonds is 6. The second-order valence-electron chi connectivity index (χ2n) is 5.41. The van der Waals surface area contributed by atoms with Crippen molar-refractivity contribution in [1.82, 2.24) is 20.3 Å². The molecule has 0 spiro atoms. The molecule has 1 aromatic rings. The van der Waals surface area contributed by atoms with Crippen molar-refractivity contribution in [2.75, 3.05) is 40.5 Å². The largest absolute Gasteiger partial charge is 0.465 e. The van der Waals surface area contributed by atoms with Crippen LogP contribution >= 0.6 is 12.2 Å². The van der Waals surface area contributed by atoms with Gasteiger partial charge in [0.15, 0.2) is 5.11 Å². The van der Waals surface area contributed by atoms with Gasteiger partial charge in [-0.25, -0.2) is 9.80 Å². The number of amides is 1. The SMILES string of the molecule is COCCCNC(=S)N1CCCN1C(=O)c1ccc(C(=O)OC)cn1. The van der Waals surface area contributed by atoms with Gasteiger partial charge in [0, 0.05) is 39.5 Å². The lowest BCUT2D eigenvalue weighted by molar-refractivity contribution is 0.0483. The summed E-state index contributed by atoms with van der Waals surface area (Å²) in [6.07, 6.45) is 2.99. The summed E-state index contributed by atoms with van der Waals surface area (Å²) < 4.78 is 9.62. The zero-order chi connectivity index (χ0) is 18.2. The molecule has 1 saturated heterocycles. The minimum Gasteiger partial charge on any atom is -0.465 e. The summed E-state index contributed by atoms with van der Waals surface area (Å²) in [7, 11) is 2.95. The van der Waals surface area contributed by atoms with E-state index in [0.717, 1.165) is 12.8 Å². The van der Waals surface area contributed by atoms with Crippen LogP contribution in [0, 0.1) is 0 Å². The van der Waals surface area contributed by atoms with Gasteiger partial charge in [0.05, 0.1) is 12.7 Å². The first-order valence-electron chi connectivity index (χ1n) is 7.99. The van der Waals surface area contributed by atoms with Gasteiger partial charge in [0.1, 0.15) is 5.69 Å². The van der Waals surface area contributed by atoms with Crippen LogP contribution in [0.1, 0.15) is 33.7 Å². The smallest absolute Gasteiger partial charge is 0.339 e. The zero-order valence-electron chi connectivity index (χ0n) is 14.4. The summed E-state index contributed by atoms with van der Waals surface area (Å²) >= 11 is 5.38. The summed E-state index contributed by atoms with van der Waals surface area (Å²) in [5.41, 5.74) is 0.550. The molecule has 1 amide bonds. The Morgan fingerprint density at radius 1 is 1.28 bits per heavy atom. The van der Waals surface area contributed by atoms with E-state index >= 15 is 0 Å². The van der Waals surface area contributed by atoms with Crippen LogP contribution < -0.4 is 5.32 Å². The molecule has 1 aliphatic rings. The van der Waals surface area contributed by atoms with Crippen molar-refractivity contribution in [3.63, 3.8) is 0 Å². The standard InChI is InChI=1S/C16H22N4O4S/c1-23-10-3-7-17-16(25)20-9-4-8-19(20)14(21)13-6-5-12(11-18-13)15(22)24-2/h5-6,11H,3-4,7-10H2,1-2H3,(H,17,25). The van der Waals surface area contributed by atoms with Crippen LogP contribution in [-0.2, 0) is 9.47 Å². The fourth-order valence-electron chi connectivity index (χ4n) is 2.43. The Morgan fingerprint density at radius 2 is 2.04 bits per heavy atom. The van der Waals surface area contributed by atoms with Crippen LogP contribution in [0.4, 0.5) is 0 Å². The Bertz CT molecular complexity index is 623. The highest BCUT2D eigenvalue weighted by molar-refractivity contribution is 7.80. The van der Waals surface area contributed by atoms with E-state index in [1.807, 2.05) is 0 Å². The summed E-state index contributed by atoms with van der Waals surface area (Å²) in [5.74, 6) is -0.745. The third-order valence-corrected chi connectivity index (χ3v) is 4.06. The summed E-state index contributed by atoms with van der Waals surface area (Å²) in [5, 5.41) is 6.96. The van der Waals surface area contributed by atoms with Crippen LogP contribution in [-0.4, -0.2) is 72.5 Å². The Kier molecular flexibility index (Phi) is 7.08. The Morgan fingerprint density at radius 3 is 2.68 bits per heavy atom. The molecule has 136 valence electrons. The number of carbonyl (C=O) groups excluding carboxylic acids is 2. The van der Waals surface area contributed by atoms with Crippen molar-refractivity contribution >= 4 is 29.2 Å². The lowest BCUT2D eigenvalue weighted by Gasteiger charge is -2.30. The molecular weight excluding hydrogens is 344 g/mol. The van der Waals surface area contributed by atoms with Crippen molar-refractivity contribution < 1.29 is 19.1 Å². The fraction of sp³-hybridized carbons (Fsp3) is 0.500. The van der Waals surface area contributed by atoms with E-state index in [1.165, 1.54) is 25.4 Å². The lowest BCUT2D eigenvalue weighted by atomic mass is 10.2. The molecule has 2 heterocycles. The maximum atomic E-state index is 12.7. The molecule has 1 N–H and O–H groups in total. The molecule has 0 unspecified atom stereocenters. The second-order valence-corrected chi connectivity index (χ2v) is 5.79. The number of nitrogens with zero attached hydrogens (tertiary/aromatic N) is 3. The van der Waals surface area contributed by atoms with E-state index in [1.54, 1.807) is 17.1 Å². The number of hydrazine groups is 1. The highest BCUT2D eigenvalue weighted by atomic mass is 32.1. The molecule has 0 bridgehead atoms. The van der Waals surface area contributed by atoms with Crippen molar-refractivity contribution in [2.24, 2.45) is 0 Å². The zero-order valence-corrected chi connectivity index (χ0v) is 15.2. The number of thiocarbonyl (C=S) groups is 1. The third-order valence-electron chi connectivity index (χ3n) is 3.71. The van der Waals surface area contributed by atoms with Gasteiger partial charge in [-0.2, -0.15) is 0 Å². The quantitative estimate of drug-likeness (QED) is 0.451. The van der Waals surface area contributed by atoms with Gasteiger partial charge < -0.3 is 14.8 Å². The summed E-state index contributed by atoms with van der Waals surface area (Å²) in [4.78, 5) is 28.2. The van der Waals surface area contributed by atoms with Crippen LogP contribution in [0.25, 0.3) is 0 Å². The molecule has 8 nitrogen and oxygen atoms in total. The van der Waals surface area contributed by atoms with Crippen molar-refractivity contribution in [3.05, 3.63) is 29.6 Å². The van der Waals surface area contributed by atoms with E-state index in [2.05, 4.69) is 15.0 Å². The molecule has 9 heteroatoms. The van der Waals surface area contributed by atoms with E-state index in [0.29, 0.717) is 36.9 Å². The molecule has 0 radical (unpaired) electrons. The Balaban J connectivity index is 1.99. The average Bonchev–Trinajstić information content (AvgIpc) is 3.14. The monoisotopic (exact) mass is 366 g/mol. The highest BCUT2D eigenvalue weighted by Crippen LogP contribution is 2.15. The number of hydrogen-bond donors (Lipinski definition) is 1. The third kappa shape index (κ3) is 4.86. The van der Waals surface area contributed by atoms with Crippen LogP contribution in [0.2, 0.25) is 0 Å². The molecule has 0 aromatic carbocycles. The average molecular weight is 366 g/mol. The summed E-state index contributed by atoms with van der Waals surface area (Å²) in [6.45, 7) is 2.56. The minimum atomic E-state index is -0.490. The van der Waals surface area contributed by atoms with Gasteiger partial charge in [-0.1, -0.05) is 0 Å². The first-order chi connectivity index (χ1) is 12.1.